The van der Waals surface area contributed by atoms with Gasteiger partial charge in [-0.2, -0.15) is 0 Å². The molecule has 10 heteroatoms. The zero-order chi connectivity index (χ0) is 23.8. The van der Waals surface area contributed by atoms with E-state index in [0.29, 0.717) is 30.2 Å². The van der Waals surface area contributed by atoms with E-state index in [1.54, 1.807) is 35.5 Å². The maximum atomic E-state index is 13.6. The molecule has 2 heterocycles. The maximum Gasteiger partial charge on any atom is 0.265 e. The summed E-state index contributed by atoms with van der Waals surface area (Å²) in [7, 11) is 0. The number of alkyl halides is 2. The van der Waals surface area contributed by atoms with Crippen LogP contribution >= 0.6 is 0 Å². The van der Waals surface area contributed by atoms with Crippen LogP contribution in [0.25, 0.3) is 11.4 Å². The smallest absolute Gasteiger partial charge is 0.265 e. The molecule has 8 nitrogen and oxygen atoms in total. The van der Waals surface area contributed by atoms with Gasteiger partial charge in [-0.3, -0.25) is 4.90 Å². The topological polar surface area (TPSA) is 122 Å². The summed E-state index contributed by atoms with van der Waals surface area (Å²) >= 11 is 0. The number of unbranched alkanes of at least 4 members (excludes halogenated alkanes) is 3. The average molecular weight is 467 g/mol. The lowest BCUT2D eigenvalue weighted by molar-refractivity contribution is -0.145. The summed E-state index contributed by atoms with van der Waals surface area (Å²) in [6.07, 6.45) is 0.359. The van der Waals surface area contributed by atoms with Crippen LogP contribution in [0.4, 0.5) is 14.5 Å². The number of aliphatic hydroxyl groups is 4. The number of piperidine rings is 1. The minimum atomic E-state index is -2.62. The molecule has 1 aliphatic heterocycles. The molecule has 0 spiro atoms. The molecule has 1 aromatic heterocycles. The normalized spacial score (nSPS) is 23.7. The predicted octanol–water partition coefficient (Wildman–Crippen LogP) is 1.81. The number of hydrogen-bond donors (Lipinski definition) is 5. The second-order valence-corrected chi connectivity index (χ2v) is 8.31. The van der Waals surface area contributed by atoms with Crippen LogP contribution in [-0.2, 0) is 0 Å². The van der Waals surface area contributed by atoms with E-state index in [-0.39, 0.29) is 18.7 Å². The Hall–Kier alpha value is -2.24. The quantitative estimate of drug-likeness (QED) is 0.318. The number of likely N-dealkylation sites (tertiary alicyclic amines) is 1. The SMILES string of the molecule is OCC1C(O)C(O)C(O)CN1CCCCCCNc1ccc(-c2ncccn2)cc1C(F)F. The fourth-order valence-corrected chi connectivity index (χ4v) is 4.14. The molecule has 1 saturated heterocycles. The molecule has 182 valence electrons. The van der Waals surface area contributed by atoms with Gasteiger partial charge in [-0.05, 0) is 43.7 Å². The number of benzene rings is 1. The Bertz CT molecular complexity index is 862. The summed E-state index contributed by atoms with van der Waals surface area (Å²) < 4.78 is 27.1. The third kappa shape index (κ3) is 6.64. The van der Waals surface area contributed by atoms with Crippen molar-refractivity contribution in [3.63, 3.8) is 0 Å². The van der Waals surface area contributed by atoms with Crippen molar-refractivity contribution in [3.8, 4) is 11.4 Å². The first-order valence-electron chi connectivity index (χ1n) is 11.2. The Morgan fingerprint density at radius 1 is 1.03 bits per heavy atom. The fraction of sp³-hybridized carbons (Fsp3) is 0.565. The van der Waals surface area contributed by atoms with Crippen molar-refractivity contribution in [2.45, 2.75) is 56.5 Å². The van der Waals surface area contributed by atoms with Crippen molar-refractivity contribution < 1.29 is 29.2 Å². The summed E-state index contributed by atoms with van der Waals surface area (Å²) in [5, 5.41) is 42.2. The number of β-amino-alcohol motifs (C(OH)–C–C–N with tert-alkyl or cyclic N) is 1. The third-order valence-corrected chi connectivity index (χ3v) is 6.01. The molecule has 0 amide bonds. The molecule has 2 aromatic rings. The molecule has 0 saturated carbocycles. The summed E-state index contributed by atoms with van der Waals surface area (Å²) in [4.78, 5) is 10.0. The number of nitrogens with one attached hydrogen (secondary N) is 1. The molecule has 0 radical (unpaired) electrons. The standard InChI is InChI=1S/C23H32F2N4O4/c24-22(25)16-12-15(23-27-9-5-10-28-23)6-7-17(16)26-8-3-1-2-4-11-29-13-19(31)21(33)20(32)18(29)14-30/h5-7,9-10,12,18-22,26,30-33H,1-4,8,11,13-14H2. The number of halogens is 2. The molecular weight excluding hydrogens is 434 g/mol. The molecule has 1 aromatic carbocycles. The van der Waals surface area contributed by atoms with E-state index in [0.717, 1.165) is 25.7 Å². The molecule has 3 rings (SSSR count). The monoisotopic (exact) mass is 466 g/mol. The van der Waals surface area contributed by atoms with E-state index >= 15 is 0 Å². The highest BCUT2D eigenvalue weighted by Crippen LogP contribution is 2.31. The van der Waals surface area contributed by atoms with Gasteiger partial charge in [0, 0.05) is 42.3 Å². The lowest BCUT2D eigenvalue weighted by Gasteiger charge is -2.43. The molecule has 33 heavy (non-hydrogen) atoms. The highest BCUT2D eigenvalue weighted by atomic mass is 19.3. The van der Waals surface area contributed by atoms with Crippen molar-refractivity contribution in [2.24, 2.45) is 0 Å². The Morgan fingerprint density at radius 2 is 1.76 bits per heavy atom. The second-order valence-electron chi connectivity index (χ2n) is 8.31. The van der Waals surface area contributed by atoms with Crippen LogP contribution in [0, 0.1) is 0 Å². The molecular formula is C23H32F2N4O4. The van der Waals surface area contributed by atoms with Crippen molar-refractivity contribution in [2.75, 3.05) is 31.6 Å². The van der Waals surface area contributed by atoms with Crippen LogP contribution in [0.2, 0.25) is 0 Å². The first-order chi connectivity index (χ1) is 15.9. The number of anilines is 1. The van der Waals surface area contributed by atoms with Crippen LogP contribution < -0.4 is 5.32 Å². The zero-order valence-electron chi connectivity index (χ0n) is 18.4. The van der Waals surface area contributed by atoms with Crippen molar-refractivity contribution in [3.05, 3.63) is 42.2 Å². The third-order valence-electron chi connectivity index (χ3n) is 6.01. The highest BCUT2D eigenvalue weighted by molar-refractivity contribution is 5.64. The van der Waals surface area contributed by atoms with Gasteiger partial charge in [0.05, 0.1) is 18.8 Å². The molecule has 1 fully saturated rings. The van der Waals surface area contributed by atoms with Crippen molar-refractivity contribution >= 4 is 5.69 Å². The summed E-state index contributed by atoms with van der Waals surface area (Å²) in [5.41, 5.74) is 0.850. The van der Waals surface area contributed by atoms with E-state index in [1.807, 2.05) is 0 Å². The first kappa shape index (κ1) is 25.4. The molecule has 4 unspecified atom stereocenters. The Kier molecular flexibility index (Phi) is 9.45. The van der Waals surface area contributed by atoms with Crippen molar-refractivity contribution in [1.29, 1.82) is 0 Å². The van der Waals surface area contributed by atoms with Crippen LogP contribution in [0.1, 0.15) is 37.7 Å². The van der Waals surface area contributed by atoms with E-state index in [2.05, 4.69) is 15.3 Å². The van der Waals surface area contributed by atoms with E-state index in [4.69, 9.17) is 0 Å². The number of nitrogens with zero attached hydrogens (tertiary/aromatic N) is 3. The van der Waals surface area contributed by atoms with Crippen molar-refractivity contribution in [1.82, 2.24) is 14.9 Å². The van der Waals surface area contributed by atoms with Crippen LogP contribution in [0.15, 0.2) is 36.7 Å². The van der Waals surface area contributed by atoms with Crippen LogP contribution in [0.3, 0.4) is 0 Å². The molecule has 1 aliphatic rings. The minimum Gasteiger partial charge on any atom is -0.395 e. The fourth-order valence-electron chi connectivity index (χ4n) is 4.14. The van der Waals surface area contributed by atoms with Gasteiger partial charge in [-0.25, -0.2) is 18.7 Å². The second kappa shape index (κ2) is 12.3. The Morgan fingerprint density at radius 3 is 2.45 bits per heavy atom. The zero-order valence-corrected chi connectivity index (χ0v) is 18.4. The van der Waals surface area contributed by atoms with E-state index in [1.165, 1.54) is 6.07 Å². The summed E-state index contributed by atoms with van der Waals surface area (Å²) in [5.74, 6) is 0.401. The van der Waals surface area contributed by atoms with Crippen LogP contribution in [-0.4, -0.2) is 85.9 Å². The first-order valence-corrected chi connectivity index (χ1v) is 11.2. The van der Waals surface area contributed by atoms with Crippen LogP contribution in [0.5, 0.6) is 0 Å². The lowest BCUT2D eigenvalue weighted by Crippen LogP contribution is -2.62. The molecule has 0 aliphatic carbocycles. The number of hydrogen-bond acceptors (Lipinski definition) is 8. The van der Waals surface area contributed by atoms with Gasteiger partial charge in [0.15, 0.2) is 5.82 Å². The van der Waals surface area contributed by atoms with Gasteiger partial charge < -0.3 is 25.7 Å². The largest absolute Gasteiger partial charge is 0.395 e. The Balaban J connectivity index is 1.42. The lowest BCUT2D eigenvalue weighted by atomic mass is 9.94. The van der Waals surface area contributed by atoms with Gasteiger partial charge in [-0.1, -0.05) is 12.8 Å². The highest BCUT2D eigenvalue weighted by Gasteiger charge is 2.40. The van der Waals surface area contributed by atoms with Gasteiger partial charge in [0.1, 0.15) is 12.2 Å². The summed E-state index contributed by atoms with van der Waals surface area (Å²) in [6, 6.07) is 5.84. The summed E-state index contributed by atoms with van der Waals surface area (Å²) in [6.45, 7) is 1.04. The average Bonchev–Trinajstić information content (AvgIpc) is 2.82. The van der Waals surface area contributed by atoms with Gasteiger partial charge in [0.25, 0.3) is 6.43 Å². The van der Waals surface area contributed by atoms with Gasteiger partial charge in [0.2, 0.25) is 0 Å². The number of aliphatic hydroxyl groups excluding tert-OH is 4. The molecule has 4 atom stereocenters. The van der Waals surface area contributed by atoms with E-state index < -0.39 is 30.8 Å². The Labute approximate surface area is 191 Å². The number of aromatic nitrogens is 2. The molecule has 5 N–H and O–H groups in total. The van der Waals surface area contributed by atoms with E-state index in [9.17, 15) is 29.2 Å². The molecule has 0 bridgehead atoms. The van der Waals surface area contributed by atoms with Gasteiger partial charge in [-0.15, -0.1) is 0 Å². The number of rotatable bonds is 11. The maximum absolute atomic E-state index is 13.6. The predicted molar refractivity (Wildman–Crippen MR) is 120 cm³/mol. The van der Waals surface area contributed by atoms with Gasteiger partial charge >= 0.3 is 0 Å². The minimum absolute atomic E-state index is 0.0839.